The Hall–Kier alpha value is -1.39. The van der Waals surface area contributed by atoms with Gasteiger partial charge in [0.1, 0.15) is 5.75 Å². The lowest BCUT2D eigenvalue weighted by Gasteiger charge is -2.37. The van der Waals surface area contributed by atoms with Gasteiger partial charge in [-0.15, -0.1) is 0 Å². The molecule has 2 heterocycles. The van der Waals surface area contributed by atoms with E-state index in [2.05, 4.69) is 64.3 Å². The summed E-state index contributed by atoms with van der Waals surface area (Å²) >= 11 is 1.38. The van der Waals surface area contributed by atoms with Crippen LogP contribution in [0.2, 0.25) is 0 Å². The molecule has 0 saturated heterocycles. The SMILES string of the molecule is Cc1c(SN)cc(-c2cc(C(C)(C)C)c3c(c2)C(C)(C)CCO3)n1CC1CCCCC1. The Morgan fingerprint density at radius 1 is 1.13 bits per heavy atom. The molecule has 0 bridgehead atoms. The molecule has 0 atom stereocenters. The van der Waals surface area contributed by atoms with Crippen molar-refractivity contribution in [1.29, 1.82) is 0 Å². The first-order valence-electron chi connectivity index (χ1n) is 12.0. The molecule has 4 rings (SSSR count). The molecule has 2 aromatic rings. The molecule has 3 nitrogen and oxygen atoms in total. The van der Waals surface area contributed by atoms with E-state index in [9.17, 15) is 0 Å². The van der Waals surface area contributed by atoms with Gasteiger partial charge in [-0.2, -0.15) is 0 Å². The van der Waals surface area contributed by atoms with Crippen LogP contribution in [0.15, 0.2) is 23.1 Å². The lowest BCUT2D eigenvalue weighted by molar-refractivity contribution is 0.228. The van der Waals surface area contributed by atoms with Gasteiger partial charge in [-0.05, 0) is 78.6 Å². The first-order valence-corrected chi connectivity index (χ1v) is 12.9. The first kappa shape index (κ1) is 22.8. The van der Waals surface area contributed by atoms with E-state index in [0.717, 1.165) is 31.2 Å². The van der Waals surface area contributed by atoms with E-state index >= 15 is 0 Å². The van der Waals surface area contributed by atoms with Gasteiger partial charge in [-0.25, -0.2) is 0 Å². The Morgan fingerprint density at radius 3 is 2.48 bits per heavy atom. The fourth-order valence-electron chi connectivity index (χ4n) is 5.38. The summed E-state index contributed by atoms with van der Waals surface area (Å²) in [6.07, 6.45) is 7.89. The van der Waals surface area contributed by atoms with Crippen LogP contribution in [0, 0.1) is 12.8 Å². The Balaban J connectivity index is 1.87. The maximum absolute atomic E-state index is 6.28. The normalized spacial score (nSPS) is 19.2. The zero-order chi connectivity index (χ0) is 22.4. The molecule has 0 amide bonds. The third-order valence-corrected chi connectivity index (χ3v) is 8.18. The van der Waals surface area contributed by atoms with E-state index < -0.39 is 0 Å². The highest BCUT2D eigenvalue weighted by molar-refractivity contribution is 7.97. The second-order valence-corrected chi connectivity index (χ2v) is 12.0. The van der Waals surface area contributed by atoms with E-state index in [1.54, 1.807) is 0 Å². The van der Waals surface area contributed by atoms with Gasteiger partial charge >= 0.3 is 0 Å². The highest BCUT2D eigenvalue weighted by Crippen LogP contribution is 2.47. The topological polar surface area (TPSA) is 40.2 Å². The predicted molar refractivity (Wildman–Crippen MR) is 133 cm³/mol. The summed E-state index contributed by atoms with van der Waals surface area (Å²) in [7, 11) is 0. The third-order valence-electron chi connectivity index (χ3n) is 7.51. The molecule has 0 radical (unpaired) electrons. The maximum Gasteiger partial charge on any atom is 0.126 e. The quantitative estimate of drug-likeness (QED) is 0.505. The molecule has 0 unspecified atom stereocenters. The van der Waals surface area contributed by atoms with Gasteiger partial charge in [-0.3, -0.25) is 5.14 Å². The summed E-state index contributed by atoms with van der Waals surface area (Å²) in [6, 6.07) is 7.10. The Labute approximate surface area is 193 Å². The predicted octanol–water partition coefficient (Wildman–Crippen LogP) is 7.37. The van der Waals surface area contributed by atoms with Gasteiger partial charge < -0.3 is 9.30 Å². The second kappa shape index (κ2) is 8.51. The zero-order valence-corrected chi connectivity index (χ0v) is 21.1. The van der Waals surface area contributed by atoms with Crippen LogP contribution in [-0.2, 0) is 17.4 Å². The van der Waals surface area contributed by atoms with Crippen molar-refractivity contribution in [2.45, 2.75) is 102 Å². The van der Waals surface area contributed by atoms with Crippen molar-refractivity contribution in [2.24, 2.45) is 11.1 Å². The monoisotopic (exact) mass is 440 g/mol. The lowest BCUT2D eigenvalue weighted by Crippen LogP contribution is -2.29. The maximum atomic E-state index is 6.28. The van der Waals surface area contributed by atoms with Gasteiger partial charge in [-0.1, -0.05) is 53.9 Å². The van der Waals surface area contributed by atoms with Gasteiger partial charge in [0.15, 0.2) is 0 Å². The van der Waals surface area contributed by atoms with E-state index in [4.69, 9.17) is 9.88 Å². The van der Waals surface area contributed by atoms with Crippen LogP contribution in [0.1, 0.15) is 90.0 Å². The molecule has 4 heteroatoms. The Kier molecular flexibility index (Phi) is 6.26. The number of rotatable bonds is 4. The zero-order valence-electron chi connectivity index (χ0n) is 20.3. The van der Waals surface area contributed by atoms with Gasteiger partial charge in [0, 0.05) is 34.0 Å². The summed E-state index contributed by atoms with van der Waals surface area (Å²) in [5.41, 5.74) is 6.73. The summed E-state index contributed by atoms with van der Waals surface area (Å²) < 4.78 is 8.83. The van der Waals surface area contributed by atoms with Gasteiger partial charge in [0.25, 0.3) is 0 Å². The molecule has 31 heavy (non-hydrogen) atoms. The minimum atomic E-state index is 0.0226. The van der Waals surface area contributed by atoms with E-state index in [0.29, 0.717) is 0 Å². The van der Waals surface area contributed by atoms with Crippen molar-refractivity contribution in [3.8, 4) is 17.0 Å². The second-order valence-electron chi connectivity index (χ2n) is 11.3. The average Bonchev–Trinajstić information content (AvgIpc) is 3.03. The fourth-order valence-corrected chi connectivity index (χ4v) is 5.84. The third kappa shape index (κ3) is 4.43. The highest BCUT2D eigenvalue weighted by Gasteiger charge is 2.34. The number of hydrogen-bond donors (Lipinski definition) is 1. The standard InChI is InChI=1S/C27H40N2OS/c1-18-24(31-28)16-23(29(18)17-19-10-8-7-9-11-19)20-14-21(26(2,3)4)25-22(15-20)27(5,6)12-13-30-25/h14-16,19H,7-13,17,28H2,1-6H3. The molecule has 1 fully saturated rings. The number of nitrogens with zero attached hydrogens (tertiary/aromatic N) is 1. The number of fused-ring (bicyclic) bond motifs is 1. The van der Waals surface area contributed by atoms with Crippen molar-refractivity contribution >= 4 is 11.9 Å². The molecule has 2 N–H and O–H groups in total. The highest BCUT2D eigenvalue weighted by atomic mass is 32.2. The molecule has 0 spiro atoms. The van der Waals surface area contributed by atoms with Crippen molar-refractivity contribution in [3.63, 3.8) is 0 Å². The summed E-state index contributed by atoms with van der Waals surface area (Å²) in [6.45, 7) is 15.7. The number of benzene rings is 1. The van der Waals surface area contributed by atoms with Crippen molar-refractivity contribution in [1.82, 2.24) is 4.57 Å². The smallest absolute Gasteiger partial charge is 0.126 e. The van der Waals surface area contributed by atoms with Crippen LogP contribution in [0.25, 0.3) is 11.3 Å². The molecule has 1 aliphatic heterocycles. The summed E-state index contributed by atoms with van der Waals surface area (Å²) in [5.74, 6) is 1.89. The molecule has 170 valence electrons. The molecule has 1 aromatic carbocycles. The Morgan fingerprint density at radius 2 is 1.84 bits per heavy atom. The van der Waals surface area contributed by atoms with E-state index in [1.807, 2.05) is 0 Å². The lowest BCUT2D eigenvalue weighted by atomic mass is 9.74. The molecule has 1 saturated carbocycles. The van der Waals surface area contributed by atoms with Crippen molar-refractivity contribution in [2.75, 3.05) is 6.61 Å². The van der Waals surface area contributed by atoms with E-state index in [1.165, 1.54) is 77.0 Å². The first-order chi connectivity index (χ1) is 14.6. The van der Waals surface area contributed by atoms with Crippen molar-refractivity contribution in [3.05, 3.63) is 35.0 Å². The molecular formula is C27H40N2OS. The number of nitrogens with two attached hydrogens (primary N) is 1. The minimum Gasteiger partial charge on any atom is -0.493 e. The number of aromatic nitrogens is 1. The minimum absolute atomic E-state index is 0.0226. The molecule has 1 aromatic heterocycles. The Bertz CT molecular complexity index is 928. The summed E-state index contributed by atoms with van der Waals surface area (Å²) in [5, 5.41) is 6.08. The van der Waals surface area contributed by atoms with Gasteiger partial charge in [0.05, 0.1) is 6.61 Å². The van der Waals surface area contributed by atoms with Crippen LogP contribution in [0.3, 0.4) is 0 Å². The van der Waals surface area contributed by atoms with Crippen LogP contribution < -0.4 is 9.88 Å². The van der Waals surface area contributed by atoms with Gasteiger partial charge in [0.2, 0.25) is 0 Å². The summed E-state index contributed by atoms with van der Waals surface area (Å²) in [4.78, 5) is 1.19. The van der Waals surface area contributed by atoms with E-state index in [-0.39, 0.29) is 10.8 Å². The van der Waals surface area contributed by atoms with Crippen LogP contribution in [0.5, 0.6) is 5.75 Å². The fraction of sp³-hybridized carbons (Fsp3) is 0.630. The number of hydrogen-bond acceptors (Lipinski definition) is 3. The average molecular weight is 441 g/mol. The van der Waals surface area contributed by atoms with Crippen LogP contribution >= 0.6 is 11.9 Å². The van der Waals surface area contributed by atoms with Crippen LogP contribution in [0.4, 0.5) is 0 Å². The largest absolute Gasteiger partial charge is 0.493 e. The van der Waals surface area contributed by atoms with Crippen molar-refractivity contribution < 1.29 is 4.74 Å². The molecule has 1 aliphatic carbocycles. The molecule has 2 aliphatic rings. The number of ether oxygens (including phenoxy) is 1. The molecular weight excluding hydrogens is 400 g/mol. The van der Waals surface area contributed by atoms with Crippen LogP contribution in [-0.4, -0.2) is 11.2 Å².